The van der Waals surface area contributed by atoms with Gasteiger partial charge >= 0.3 is 11.6 Å². The van der Waals surface area contributed by atoms with Crippen molar-refractivity contribution in [2.24, 2.45) is 0 Å². The lowest BCUT2D eigenvalue weighted by Gasteiger charge is -2.39. The molecule has 1 aliphatic rings. The van der Waals surface area contributed by atoms with Crippen molar-refractivity contribution in [2.45, 2.75) is 37.6 Å². The second kappa shape index (κ2) is 7.73. The molecule has 3 rings (SSSR count). The van der Waals surface area contributed by atoms with Crippen molar-refractivity contribution in [1.29, 1.82) is 0 Å². The van der Waals surface area contributed by atoms with Crippen LogP contribution < -0.4 is 15.1 Å². The average molecular weight is 398 g/mol. The predicted octanol–water partition coefficient (Wildman–Crippen LogP) is -1.40. The summed E-state index contributed by atoms with van der Waals surface area (Å²) < 4.78 is 20.3. The molecule has 0 bridgehead atoms. The van der Waals surface area contributed by atoms with Gasteiger partial charge in [-0.1, -0.05) is 0 Å². The summed E-state index contributed by atoms with van der Waals surface area (Å²) in [5.41, 5.74) is -1.20. The van der Waals surface area contributed by atoms with Gasteiger partial charge in [0.15, 0.2) is 5.75 Å². The minimum Gasteiger partial charge on any atom is -0.504 e. The van der Waals surface area contributed by atoms with Gasteiger partial charge in [-0.3, -0.25) is 4.79 Å². The van der Waals surface area contributed by atoms with E-state index in [1.54, 1.807) is 0 Å². The second-order valence-corrected chi connectivity index (χ2v) is 6.13. The molecule has 0 spiro atoms. The van der Waals surface area contributed by atoms with Crippen molar-refractivity contribution in [3.8, 4) is 17.2 Å². The van der Waals surface area contributed by atoms with Gasteiger partial charge in [0.25, 0.3) is 5.75 Å². The molecule has 1 aromatic heterocycles. The number of aromatic hydroxyl groups is 1. The molecule has 0 unspecified atom stereocenters. The van der Waals surface area contributed by atoms with Crippen molar-refractivity contribution >= 4 is 16.9 Å². The molecule has 2 aromatic rings. The zero-order valence-electron chi connectivity index (χ0n) is 14.5. The van der Waals surface area contributed by atoms with Gasteiger partial charge in [-0.15, -0.1) is 0 Å². The van der Waals surface area contributed by atoms with E-state index in [1.165, 1.54) is 18.2 Å². The van der Waals surface area contributed by atoms with Crippen molar-refractivity contribution in [2.75, 3.05) is 6.61 Å². The van der Waals surface area contributed by atoms with E-state index in [2.05, 4.69) is 4.74 Å². The summed E-state index contributed by atoms with van der Waals surface area (Å²) in [4.78, 5) is 22.9. The maximum absolute atomic E-state index is 11.9. The van der Waals surface area contributed by atoms with Crippen LogP contribution in [0, 0.1) is 0 Å². The van der Waals surface area contributed by atoms with Crippen molar-refractivity contribution in [1.82, 2.24) is 0 Å². The number of rotatable bonds is 4. The number of carbonyl (C=O) groups excluding carboxylic acids is 1. The Balaban J connectivity index is 1.90. The molecular weight excluding hydrogens is 380 g/mol. The molecule has 0 saturated carbocycles. The quantitative estimate of drug-likeness (QED) is 0.302. The molecule has 1 saturated heterocycles. The summed E-state index contributed by atoms with van der Waals surface area (Å²) in [5, 5.41) is 48.9. The zero-order valence-corrected chi connectivity index (χ0v) is 14.5. The molecule has 1 fully saturated rings. The number of hydrogen-bond donors (Lipinski definition) is 5. The minimum absolute atomic E-state index is 0.0274. The number of fused-ring (bicyclic) bond motifs is 1. The number of hydrogen-bond acceptors (Lipinski definition) is 11. The molecule has 0 radical (unpaired) electrons. The standard InChI is InChI=1S/C17H18O11/c1-6(19)25-15-11(20)8-3-2-7(4-9(8)27-16(15)24)26-17-14(23)13(22)12(21)10(5-18)28-17/h2-4,10,12-14,17-18,20-23H,5H2,1H3/t10-,12-,13+,14-,17-/m1/s1. The van der Waals surface area contributed by atoms with Crippen LogP contribution in [0.15, 0.2) is 27.4 Å². The Labute approximate surface area is 156 Å². The SMILES string of the molecule is CC(=O)Oc1c(O)c2ccc(O[C@@H]3O[C@H](CO)[C@@H](O)[C@H](O)[C@H]3O)cc2oc1=O. The van der Waals surface area contributed by atoms with E-state index in [-0.39, 0.29) is 16.7 Å². The Bertz CT molecular complexity index is 935. The Kier molecular flexibility index (Phi) is 5.54. The molecule has 152 valence electrons. The van der Waals surface area contributed by atoms with Crippen LogP contribution in [0.3, 0.4) is 0 Å². The van der Waals surface area contributed by atoms with Gasteiger partial charge in [0.1, 0.15) is 35.7 Å². The van der Waals surface area contributed by atoms with Gasteiger partial charge in [-0.25, -0.2) is 4.79 Å². The first-order valence-electron chi connectivity index (χ1n) is 8.18. The first-order chi connectivity index (χ1) is 13.2. The summed E-state index contributed by atoms with van der Waals surface area (Å²) >= 11 is 0. The first kappa shape index (κ1) is 20.0. The van der Waals surface area contributed by atoms with Gasteiger partial charge in [-0.2, -0.15) is 0 Å². The Morgan fingerprint density at radius 2 is 1.89 bits per heavy atom. The van der Waals surface area contributed by atoms with Gasteiger partial charge in [-0.05, 0) is 12.1 Å². The fourth-order valence-corrected chi connectivity index (χ4v) is 2.75. The lowest BCUT2D eigenvalue weighted by atomic mass is 9.99. The van der Waals surface area contributed by atoms with Gasteiger partial charge in [0.05, 0.1) is 12.0 Å². The van der Waals surface area contributed by atoms with E-state index in [0.29, 0.717) is 0 Å². The van der Waals surface area contributed by atoms with Crippen molar-refractivity contribution in [3.05, 3.63) is 28.6 Å². The molecule has 11 heteroatoms. The maximum atomic E-state index is 11.9. The molecule has 1 aliphatic heterocycles. The summed E-state index contributed by atoms with van der Waals surface area (Å²) in [7, 11) is 0. The largest absolute Gasteiger partial charge is 0.504 e. The fourth-order valence-electron chi connectivity index (χ4n) is 2.75. The molecule has 0 aliphatic carbocycles. The molecule has 28 heavy (non-hydrogen) atoms. The number of benzene rings is 1. The van der Waals surface area contributed by atoms with E-state index in [4.69, 9.17) is 13.9 Å². The number of esters is 1. The smallest absolute Gasteiger partial charge is 0.383 e. The molecule has 11 nitrogen and oxygen atoms in total. The number of ether oxygens (including phenoxy) is 3. The second-order valence-electron chi connectivity index (χ2n) is 6.13. The van der Waals surface area contributed by atoms with Gasteiger partial charge < -0.3 is 44.2 Å². The monoisotopic (exact) mass is 398 g/mol. The Morgan fingerprint density at radius 3 is 2.54 bits per heavy atom. The third-order valence-corrected chi connectivity index (χ3v) is 4.16. The summed E-state index contributed by atoms with van der Waals surface area (Å²) in [6.07, 6.45) is -7.37. The highest BCUT2D eigenvalue weighted by Crippen LogP contribution is 2.34. The summed E-state index contributed by atoms with van der Waals surface area (Å²) in [6.45, 7) is 0.435. The highest BCUT2D eigenvalue weighted by molar-refractivity contribution is 5.87. The maximum Gasteiger partial charge on any atom is 0.383 e. The first-order valence-corrected chi connectivity index (χ1v) is 8.18. The lowest BCUT2D eigenvalue weighted by molar-refractivity contribution is -0.277. The fraction of sp³-hybridized carbons (Fsp3) is 0.412. The van der Waals surface area contributed by atoms with Crippen LogP contribution in [0.2, 0.25) is 0 Å². The highest BCUT2D eigenvalue weighted by Gasteiger charge is 2.44. The Hall–Kier alpha value is -2.70. The molecule has 1 aromatic carbocycles. The van der Waals surface area contributed by atoms with Crippen molar-refractivity contribution < 1.29 is 49.0 Å². The van der Waals surface area contributed by atoms with Crippen LogP contribution in [-0.2, 0) is 9.53 Å². The van der Waals surface area contributed by atoms with E-state index in [1.807, 2.05) is 0 Å². The van der Waals surface area contributed by atoms with Crippen molar-refractivity contribution in [3.63, 3.8) is 0 Å². The van der Waals surface area contributed by atoms with Gasteiger partial charge in [0, 0.05) is 13.0 Å². The predicted molar refractivity (Wildman–Crippen MR) is 89.9 cm³/mol. The minimum atomic E-state index is -1.62. The normalized spacial score (nSPS) is 27.5. The highest BCUT2D eigenvalue weighted by atomic mass is 16.7. The van der Waals surface area contributed by atoms with Crippen LogP contribution in [0.25, 0.3) is 11.0 Å². The van der Waals surface area contributed by atoms with E-state index in [9.17, 15) is 35.1 Å². The molecule has 0 amide bonds. The topological polar surface area (TPSA) is 176 Å². The summed E-state index contributed by atoms with van der Waals surface area (Å²) in [5.74, 6) is -2.03. The average Bonchev–Trinajstić information content (AvgIpc) is 2.65. The van der Waals surface area contributed by atoms with Crippen LogP contribution in [0.4, 0.5) is 0 Å². The van der Waals surface area contributed by atoms with Crippen LogP contribution in [0.5, 0.6) is 17.2 Å². The zero-order chi connectivity index (χ0) is 20.6. The van der Waals surface area contributed by atoms with Crippen LogP contribution >= 0.6 is 0 Å². The molecule has 2 heterocycles. The summed E-state index contributed by atoms with van der Waals surface area (Å²) in [6, 6.07) is 3.84. The van der Waals surface area contributed by atoms with E-state index in [0.717, 1.165) is 6.92 Å². The lowest BCUT2D eigenvalue weighted by Crippen LogP contribution is -2.60. The Morgan fingerprint density at radius 1 is 1.18 bits per heavy atom. The molecular formula is C17H18O11. The number of aliphatic hydroxyl groups excluding tert-OH is 4. The number of aliphatic hydroxyl groups is 4. The van der Waals surface area contributed by atoms with Crippen LogP contribution in [-0.4, -0.2) is 68.8 Å². The molecule has 5 N–H and O–H groups in total. The van der Waals surface area contributed by atoms with E-state index < -0.39 is 60.4 Å². The van der Waals surface area contributed by atoms with E-state index >= 15 is 0 Å². The third kappa shape index (κ3) is 3.66. The molecule has 5 atom stereocenters. The third-order valence-electron chi connectivity index (χ3n) is 4.16. The van der Waals surface area contributed by atoms with Crippen LogP contribution in [0.1, 0.15) is 6.92 Å². The van der Waals surface area contributed by atoms with Gasteiger partial charge in [0.2, 0.25) is 6.29 Å². The number of carbonyl (C=O) groups is 1.